The van der Waals surface area contributed by atoms with E-state index in [9.17, 15) is 0 Å². The molecule has 3 aliphatic rings. The number of fused-ring (bicyclic) bond motifs is 2. The van der Waals surface area contributed by atoms with Crippen LogP contribution in [0.25, 0.3) is 0 Å². The van der Waals surface area contributed by atoms with E-state index in [0.29, 0.717) is 5.41 Å². The molecule has 1 heterocycles. The molecule has 3 rings (SSSR count). The fourth-order valence-electron chi connectivity index (χ4n) is 6.03. The smallest absolute Gasteiger partial charge is 0.164 e. The van der Waals surface area contributed by atoms with Gasteiger partial charge in [0, 0.05) is 0 Å². The van der Waals surface area contributed by atoms with Gasteiger partial charge in [-0.05, 0) is 69.1 Å². The minimum Gasteiger partial charge on any atom is -0.344 e. The Balaban J connectivity index is 2.07. The van der Waals surface area contributed by atoms with Crippen molar-refractivity contribution in [2.75, 3.05) is 0 Å². The predicted octanol–water partition coefficient (Wildman–Crippen LogP) is 4.77. The van der Waals surface area contributed by atoms with Crippen LogP contribution in [0.2, 0.25) is 0 Å². The van der Waals surface area contributed by atoms with Crippen LogP contribution in [-0.4, -0.2) is 17.5 Å². The van der Waals surface area contributed by atoms with E-state index >= 15 is 0 Å². The van der Waals surface area contributed by atoms with Crippen molar-refractivity contribution in [1.29, 1.82) is 0 Å². The van der Waals surface area contributed by atoms with Crippen molar-refractivity contribution >= 4 is 0 Å². The summed E-state index contributed by atoms with van der Waals surface area (Å²) >= 11 is 0. The van der Waals surface area contributed by atoms with Crippen LogP contribution in [0.5, 0.6) is 0 Å². The molecule has 2 saturated carbocycles. The summed E-state index contributed by atoms with van der Waals surface area (Å²) in [7, 11) is 0. The number of rotatable bonds is 1. The van der Waals surface area contributed by atoms with Gasteiger partial charge in [0.25, 0.3) is 0 Å². The van der Waals surface area contributed by atoms with Gasteiger partial charge in [0.1, 0.15) is 5.60 Å². The summed E-state index contributed by atoms with van der Waals surface area (Å²) in [5.74, 6) is 1.13. The topological polar surface area (TPSA) is 18.5 Å². The largest absolute Gasteiger partial charge is 0.344 e. The molecule has 0 aromatic rings. The average molecular weight is 280 g/mol. The van der Waals surface area contributed by atoms with Gasteiger partial charge in [0.15, 0.2) is 5.79 Å². The van der Waals surface area contributed by atoms with Crippen LogP contribution < -0.4 is 0 Å². The van der Waals surface area contributed by atoms with E-state index in [-0.39, 0.29) is 17.1 Å². The highest BCUT2D eigenvalue weighted by atomic mass is 16.8. The lowest BCUT2D eigenvalue weighted by molar-refractivity contribution is -0.203. The molecular formula is C18H32O2. The molecule has 2 nitrogen and oxygen atoms in total. The first-order valence-electron chi connectivity index (χ1n) is 8.47. The van der Waals surface area contributed by atoms with Crippen molar-refractivity contribution in [1.82, 2.24) is 0 Å². The molecule has 2 heteroatoms. The lowest BCUT2D eigenvalue weighted by Gasteiger charge is -2.59. The zero-order valence-corrected chi connectivity index (χ0v) is 14.4. The monoisotopic (exact) mass is 280 g/mol. The highest BCUT2D eigenvalue weighted by Gasteiger charge is 2.69. The van der Waals surface area contributed by atoms with Crippen molar-refractivity contribution in [3.63, 3.8) is 0 Å². The summed E-state index contributed by atoms with van der Waals surface area (Å²) in [6.07, 6.45) is 5.42. The van der Waals surface area contributed by atoms with Gasteiger partial charge in [0.05, 0.1) is 6.10 Å². The summed E-state index contributed by atoms with van der Waals surface area (Å²) in [6, 6.07) is 0. The van der Waals surface area contributed by atoms with Gasteiger partial charge in [-0.2, -0.15) is 0 Å². The Kier molecular flexibility index (Phi) is 2.98. The zero-order chi connectivity index (χ0) is 15.0. The summed E-state index contributed by atoms with van der Waals surface area (Å²) in [5, 5.41) is 0. The third-order valence-electron chi connectivity index (χ3n) is 7.44. The first kappa shape index (κ1) is 14.8. The highest BCUT2D eigenvalue weighted by Crippen LogP contribution is 2.69. The molecule has 116 valence electrons. The molecule has 1 saturated heterocycles. The fourth-order valence-corrected chi connectivity index (χ4v) is 6.03. The Bertz CT molecular complexity index is 414. The number of hydrogen-bond donors (Lipinski definition) is 0. The molecule has 0 aromatic heterocycles. The van der Waals surface area contributed by atoms with Gasteiger partial charge in [-0.25, -0.2) is 0 Å². The van der Waals surface area contributed by atoms with E-state index in [1.165, 1.54) is 25.7 Å². The summed E-state index contributed by atoms with van der Waals surface area (Å²) < 4.78 is 12.8. The second-order valence-electron chi connectivity index (χ2n) is 8.76. The molecule has 0 radical (unpaired) electrons. The number of hydrogen-bond acceptors (Lipinski definition) is 2. The molecule has 3 fully saturated rings. The SMILES string of the molecule is CCC12CC3OC(C)(C)OC3(C)C(C)(C)C1CCC2C. The molecule has 5 unspecified atom stereocenters. The minimum absolute atomic E-state index is 0.149. The molecule has 2 aliphatic carbocycles. The lowest BCUT2D eigenvalue weighted by Crippen LogP contribution is -2.62. The highest BCUT2D eigenvalue weighted by molar-refractivity contribution is 5.17. The molecule has 5 atom stereocenters. The Morgan fingerprint density at radius 1 is 1.05 bits per heavy atom. The van der Waals surface area contributed by atoms with Crippen molar-refractivity contribution in [2.24, 2.45) is 22.7 Å². The molecule has 20 heavy (non-hydrogen) atoms. The van der Waals surface area contributed by atoms with Crippen LogP contribution in [0.1, 0.15) is 74.1 Å². The standard InChI is InChI=1S/C18H32O2/c1-8-18-11-14-17(7,20-16(5,6)19-14)15(3,4)13(18)10-9-12(18)2/h12-14H,8-11H2,1-7H3. The Labute approximate surface area is 124 Å². The van der Waals surface area contributed by atoms with E-state index in [1.54, 1.807) is 0 Å². The third kappa shape index (κ3) is 1.58. The van der Waals surface area contributed by atoms with Crippen LogP contribution in [0, 0.1) is 22.7 Å². The molecule has 0 amide bonds. The van der Waals surface area contributed by atoms with E-state index < -0.39 is 5.79 Å². The minimum atomic E-state index is -0.437. The summed E-state index contributed by atoms with van der Waals surface area (Å²) in [4.78, 5) is 0. The second kappa shape index (κ2) is 4.01. The molecule has 0 spiro atoms. The van der Waals surface area contributed by atoms with Crippen LogP contribution in [0.15, 0.2) is 0 Å². The quantitative estimate of drug-likeness (QED) is 0.689. The first-order valence-corrected chi connectivity index (χ1v) is 8.47. The average Bonchev–Trinajstić information content (AvgIpc) is 2.76. The molecule has 0 aromatic carbocycles. The van der Waals surface area contributed by atoms with Crippen LogP contribution in [0.3, 0.4) is 0 Å². The summed E-state index contributed by atoms with van der Waals surface area (Å²) in [5.41, 5.74) is 0.478. The van der Waals surface area contributed by atoms with Gasteiger partial charge in [0.2, 0.25) is 0 Å². The fraction of sp³-hybridized carbons (Fsp3) is 1.00. The van der Waals surface area contributed by atoms with E-state index in [0.717, 1.165) is 11.8 Å². The van der Waals surface area contributed by atoms with Gasteiger partial charge < -0.3 is 9.47 Å². The Hall–Kier alpha value is -0.0800. The normalized spacial score (nSPS) is 52.6. The lowest BCUT2D eigenvalue weighted by atomic mass is 9.48. The molecule has 0 bridgehead atoms. The van der Waals surface area contributed by atoms with Gasteiger partial charge in [-0.1, -0.05) is 27.7 Å². The Morgan fingerprint density at radius 2 is 1.70 bits per heavy atom. The third-order valence-corrected chi connectivity index (χ3v) is 7.44. The molecule has 0 N–H and O–H groups in total. The van der Waals surface area contributed by atoms with Crippen molar-refractivity contribution in [3.05, 3.63) is 0 Å². The summed E-state index contributed by atoms with van der Waals surface area (Å²) in [6.45, 7) is 16.1. The van der Waals surface area contributed by atoms with E-state index in [1.807, 2.05) is 0 Å². The maximum absolute atomic E-state index is 6.47. The predicted molar refractivity (Wildman–Crippen MR) is 81.5 cm³/mol. The van der Waals surface area contributed by atoms with Gasteiger partial charge >= 0.3 is 0 Å². The van der Waals surface area contributed by atoms with Gasteiger partial charge in [-0.3, -0.25) is 0 Å². The zero-order valence-electron chi connectivity index (χ0n) is 14.4. The van der Waals surface area contributed by atoms with Crippen molar-refractivity contribution in [2.45, 2.75) is 91.6 Å². The van der Waals surface area contributed by atoms with Crippen molar-refractivity contribution in [3.8, 4) is 0 Å². The molecule has 1 aliphatic heterocycles. The van der Waals surface area contributed by atoms with Crippen LogP contribution >= 0.6 is 0 Å². The van der Waals surface area contributed by atoms with Crippen LogP contribution in [-0.2, 0) is 9.47 Å². The number of ether oxygens (including phenoxy) is 2. The first-order chi connectivity index (χ1) is 9.09. The van der Waals surface area contributed by atoms with Gasteiger partial charge in [-0.15, -0.1) is 0 Å². The Morgan fingerprint density at radius 3 is 2.30 bits per heavy atom. The van der Waals surface area contributed by atoms with Crippen LogP contribution in [0.4, 0.5) is 0 Å². The molecular weight excluding hydrogens is 248 g/mol. The second-order valence-corrected chi connectivity index (χ2v) is 8.76. The maximum Gasteiger partial charge on any atom is 0.164 e. The van der Waals surface area contributed by atoms with Crippen molar-refractivity contribution < 1.29 is 9.47 Å². The van der Waals surface area contributed by atoms with E-state index in [2.05, 4.69) is 48.5 Å². The maximum atomic E-state index is 6.47. The van der Waals surface area contributed by atoms with E-state index in [4.69, 9.17) is 9.47 Å².